The third kappa shape index (κ3) is 3.92. The molecule has 8 rings (SSSR count). The lowest BCUT2D eigenvalue weighted by Crippen LogP contribution is -2.03. The van der Waals surface area contributed by atoms with Crippen LogP contribution in [0.5, 0.6) is 0 Å². The molecule has 0 heterocycles. The third-order valence-electron chi connectivity index (χ3n) is 7.69. The molecule has 0 nitrogen and oxygen atoms in total. The zero-order valence-electron chi connectivity index (χ0n) is 21.3. The van der Waals surface area contributed by atoms with Gasteiger partial charge in [0.15, 0.2) is 0 Å². The van der Waals surface area contributed by atoms with Crippen molar-refractivity contribution in [3.63, 3.8) is 0 Å². The Balaban J connectivity index is 0.000000127. The molecule has 178 valence electrons. The van der Waals surface area contributed by atoms with Gasteiger partial charge in [-0.25, -0.2) is 0 Å². The molecule has 0 saturated heterocycles. The first-order valence-electron chi connectivity index (χ1n) is 13.1. The molecule has 0 aliphatic carbocycles. The maximum Gasteiger partial charge on any atom is 0.140 e. The van der Waals surface area contributed by atoms with Crippen molar-refractivity contribution in [2.45, 2.75) is 0 Å². The lowest BCUT2D eigenvalue weighted by molar-refractivity contribution is 1.79. The lowest BCUT2D eigenvalue weighted by Gasteiger charge is -2.08. The fourth-order valence-electron chi connectivity index (χ4n) is 5.82. The number of hydrogen-bond donors (Lipinski definition) is 0. The summed E-state index contributed by atoms with van der Waals surface area (Å²) in [5.74, 6) is 0. The quantitative estimate of drug-likeness (QED) is 0.0856. The van der Waals surface area contributed by atoms with Crippen molar-refractivity contribution in [2.75, 3.05) is 0 Å². The Morgan fingerprint density at radius 2 is 0.789 bits per heavy atom. The van der Waals surface area contributed by atoms with E-state index in [-0.39, 0.29) is 0 Å². The van der Waals surface area contributed by atoms with E-state index in [9.17, 15) is 0 Å². The topological polar surface area (TPSA) is 0 Å². The molecular formula is C36H26BP. The van der Waals surface area contributed by atoms with Crippen LogP contribution in [0, 0.1) is 0 Å². The smallest absolute Gasteiger partial charge is 0.105 e. The van der Waals surface area contributed by atoms with Gasteiger partial charge in [-0.05, 0) is 94.2 Å². The normalized spacial score (nSPS) is 11.4. The second-order valence-electron chi connectivity index (χ2n) is 10.1. The molecule has 0 N–H and O–H groups in total. The first-order valence-corrected chi connectivity index (χ1v) is 13.6. The van der Waals surface area contributed by atoms with Crippen molar-refractivity contribution < 1.29 is 0 Å². The van der Waals surface area contributed by atoms with Crippen LogP contribution in [0.4, 0.5) is 0 Å². The molecular weight excluding hydrogens is 474 g/mol. The number of benzene rings is 8. The SMILES string of the molecule is Bc1cccc2ccc3cc4ccccc4cc3c12.Pc1cccc2ccc3cc4ccccc4cc3c12. The maximum atomic E-state index is 2.85. The predicted molar refractivity (Wildman–Crippen MR) is 175 cm³/mol. The molecule has 0 radical (unpaired) electrons. The molecule has 0 bridgehead atoms. The van der Waals surface area contributed by atoms with Gasteiger partial charge in [-0.1, -0.05) is 115 Å². The number of rotatable bonds is 0. The van der Waals surface area contributed by atoms with Crippen molar-refractivity contribution in [1.29, 1.82) is 0 Å². The fourth-order valence-corrected chi connectivity index (χ4v) is 6.25. The highest BCUT2D eigenvalue weighted by molar-refractivity contribution is 7.28. The summed E-state index contributed by atoms with van der Waals surface area (Å²) in [6.07, 6.45) is 0. The van der Waals surface area contributed by atoms with Crippen LogP contribution in [0.3, 0.4) is 0 Å². The van der Waals surface area contributed by atoms with E-state index in [1.165, 1.54) is 75.4 Å². The summed E-state index contributed by atoms with van der Waals surface area (Å²) in [6, 6.07) is 48.1. The van der Waals surface area contributed by atoms with Crippen LogP contribution in [0.15, 0.2) is 133 Å². The standard InChI is InChI=1S/C18H13B.C18H13P/c2*19-17-7-3-6-12-8-9-15-10-13-4-1-2-5-14(13)11-16(15)18(12)17/h2*1-11H,19H2. The van der Waals surface area contributed by atoms with Crippen LogP contribution >= 0.6 is 9.24 Å². The van der Waals surface area contributed by atoms with Gasteiger partial charge < -0.3 is 0 Å². The van der Waals surface area contributed by atoms with Crippen molar-refractivity contribution in [2.24, 2.45) is 0 Å². The minimum atomic E-state index is 1.26. The average molecular weight is 500 g/mol. The van der Waals surface area contributed by atoms with E-state index in [1.54, 1.807) is 0 Å². The van der Waals surface area contributed by atoms with E-state index >= 15 is 0 Å². The molecule has 8 aromatic carbocycles. The Kier molecular flexibility index (Phi) is 5.61. The number of fused-ring (bicyclic) bond motifs is 8. The highest BCUT2D eigenvalue weighted by Crippen LogP contribution is 2.30. The Labute approximate surface area is 225 Å². The molecule has 2 heteroatoms. The zero-order valence-corrected chi connectivity index (χ0v) is 22.4. The summed E-state index contributed by atoms with van der Waals surface area (Å²) in [4.78, 5) is 0. The Bertz CT molecular complexity index is 2000. The highest BCUT2D eigenvalue weighted by atomic mass is 31.0. The molecule has 0 spiro atoms. The summed E-state index contributed by atoms with van der Waals surface area (Å²) in [5.41, 5.74) is 1.35. The Morgan fingerprint density at radius 3 is 1.37 bits per heavy atom. The molecule has 1 atom stereocenters. The highest BCUT2D eigenvalue weighted by Gasteiger charge is 2.06. The molecule has 38 heavy (non-hydrogen) atoms. The van der Waals surface area contributed by atoms with Crippen molar-refractivity contribution in [3.8, 4) is 0 Å². The van der Waals surface area contributed by atoms with E-state index in [2.05, 4.69) is 151 Å². The van der Waals surface area contributed by atoms with Crippen LogP contribution in [-0.2, 0) is 0 Å². The van der Waals surface area contributed by atoms with Gasteiger partial charge in [-0.2, -0.15) is 0 Å². The predicted octanol–water partition coefficient (Wildman–Crippen LogP) is 8.05. The van der Waals surface area contributed by atoms with Gasteiger partial charge in [-0.3, -0.25) is 0 Å². The van der Waals surface area contributed by atoms with Crippen LogP contribution in [0.1, 0.15) is 0 Å². The zero-order chi connectivity index (χ0) is 25.6. The van der Waals surface area contributed by atoms with E-state index in [4.69, 9.17) is 0 Å². The molecule has 0 aliphatic rings. The summed E-state index contributed by atoms with van der Waals surface area (Å²) in [5, 5.41) is 17.1. The van der Waals surface area contributed by atoms with Gasteiger partial charge in [0.1, 0.15) is 7.85 Å². The largest absolute Gasteiger partial charge is 0.140 e. The van der Waals surface area contributed by atoms with Crippen molar-refractivity contribution >= 4 is 92.5 Å². The van der Waals surface area contributed by atoms with Gasteiger partial charge >= 0.3 is 0 Å². The van der Waals surface area contributed by atoms with Crippen LogP contribution in [-0.4, -0.2) is 7.85 Å². The summed E-state index contributed by atoms with van der Waals surface area (Å²) in [7, 11) is 5.05. The minimum Gasteiger partial charge on any atom is -0.105 e. The van der Waals surface area contributed by atoms with Gasteiger partial charge in [0.05, 0.1) is 0 Å². The summed E-state index contributed by atoms with van der Waals surface area (Å²) in [6.45, 7) is 0. The first kappa shape index (κ1) is 23.0. The second kappa shape index (κ2) is 9.28. The van der Waals surface area contributed by atoms with E-state index in [1.807, 2.05) is 0 Å². The molecule has 0 amide bonds. The molecule has 0 aliphatic heterocycles. The minimum absolute atomic E-state index is 1.26. The lowest BCUT2D eigenvalue weighted by atomic mass is 9.87. The van der Waals surface area contributed by atoms with Gasteiger partial charge in [0, 0.05) is 0 Å². The van der Waals surface area contributed by atoms with E-state index in [0.29, 0.717) is 0 Å². The third-order valence-corrected chi connectivity index (χ3v) is 8.17. The summed E-state index contributed by atoms with van der Waals surface area (Å²) >= 11 is 0. The Morgan fingerprint density at radius 1 is 0.368 bits per heavy atom. The van der Waals surface area contributed by atoms with E-state index < -0.39 is 0 Å². The maximum absolute atomic E-state index is 2.85. The first-order chi connectivity index (χ1) is 18.7. The summed E-state index contributed by atoms with van der Waals surface area (Å²) < 4.78 is 0. The van der Waals surface area contributed by atoms with Crippen molar-refractivity contribution in [3.05, 3.63) is 133 Å². The molecule has 0 fully saturated rings. The van der Waals surface area contributed by atoms with Crippen LogP contribution in [0.2, 0.25) is 0 Å². The van der Waals surface area contributed by atoms with Gasteiger partial charge in [0.2, 0.25) is 0 Å². The van der Waals surface area contributed by atoms with Crippen molar-refractivity contribution in [1.82, 2.24) is 0 Å². The fraction of sp³-hybridized carbons (Fsp3) is 0. The molecule has 8 aromatic rings. The Hall–Kier alpha value is -4.19. The molecule has 0 aromatic heterocycles. The van der Waals surface area contributed by atoms with Gasteiger partial charge in [0.25, 0.3) is 0 Å². The second-order valence-corrected chi connectivity index (χ2v) is 10.7. The monoisotopic (exact) mass is 500 g/mol. The van der Waals surface area contributed by atoms with Crippen LogP contribution in [0.25, 0.3) is 64.6 Å². The molecule has 1 unspecified atom stereocenters. The van der Waals surface area contributed by atoms with Crippen LogP contribution < -0.4 is 10.8 Å². The number of hydrogen-bond acceptors (Lipinski definition) is 0. The molecule has 0 saturated carbocycles. The van der Waals surface area contributed by atoms with E-state index in [0.717, 1.165) is 0 Å². The van der Waals surface area contributed by atoms with Gasteiger partial charge in [-0.15, -0.1) is 9.24 Å². The average Bonchev–Trinajstić information content (AvgIpc) is 2.95.